The lowest BCUT2D eigenvalue weighted by molar-refractivity contribution is -0.116. The zero-order valence-electron chi connectivity index (χ0n) is 15.9. The first-order valence-electron chi connectivity index (χ1n) is 9.31. The number of nitrogens with zero attached hydrogens (tertiary/aromatic N) is 1. The predicted molar refractivity (Wildman–Crippen MR) is 117 cm³/mol. The van der Waals surface area contributed by atoms with Gasteiger partial charge in [-0.25, -0.2) is 0 Å². The van der Waals surface area contributed by atoms with Gasteiger partial charge in [0.2, 0.25) is 0 Å². The van der Waals surface area contributed by atoms with E-state index < -0.39 is 0 Å². The largest absolute Gasteiger partial charge is 0.294 e. The fourth-order valence-electron chi connectivity index (χ4n) is 3.37. The molecule has 28 heavy (non-hydrogen) atoms. The van der Waals surface area contributed by atoms with Crippen molar-refractivity contribution in [3.05, 3.63) is 101 Å². The van der Waals surface area contributed by atoms with Crippen LogP contribution in [0.1, 0.15) is 27.6 Å². The van der Waals surface area contributed by atoms with Crippen LogP contribution < -0.4 is 4.90 Å². The van der Waals surface area contributed by atoms with Crippen molar-refractivity contribution in [1.82, 2.24) is 0 Å². The molecule has 2 atom stereocenters. The number of benzene rings is 3. The second-order valence-corrected chi connectivity index (χ2v) is 8.05. The molecule has 0 aliphatic carbocycles. The number of rotatable bonds is 2. The molecule has 4 rings (SSSR count). The molecule has 3 aromatic carbocycles. The maximum atomic E-state index is 13.4. The molecule has 1 aliphatic heterocycles. The zero-order valence-corrected chi connectivity index (χ0v) is 16.7. The first-order valence-corrected chi connectivity index (χ1v) is 10.3. The third kappa shape index (κ3) is 3.56. The number of carbonyl (C=O) groups is 1. The number of hydrogen-bond acceptors (Lipinski definition) is 2. The van der Waals surface area contributed by atoms with Gasteiger partial charge in [0.15, 0.2) is 0 Å². The summed E-state index contributed by atoms with van der Waals surface area (Å²) >= 11 is 1.61. The van der Waals surface area contributed by atoms with E-state index in [0.29, 0.717) is 0 Å². The summed E-state index contributed by atoms with van der Waals surface area (Å²) in [5.74, 6) is 6.51. The van der Waals surface area contributed by atoms with Gasteiger partial charge in [-0.1, -0.05) is 78.6 Å². The Bertz CT molecular complexity index is 1060. The first-order chi connectivity index (χ1) is 13.6. The fraction of sp³-hybridized carbons (Fsp3) is 0.160. The normalized spacial score (nSPS) is 18.6. The summed E-state index contributed by atoms with van der Waals surface area (Å²) in [6.45, 7) is 4.09. The zero-order chi connectivity index (χ0) is 19.5. The first kappa shape index (κ1) is 18.4. The Labute approximate surface area is 170 Å². The Hall–Kier alpha value is -2.96. The Morgan fingerprint density at radius 1 is 0.821 bits per heavy atom. The summed E-state index contributed by atoms with van der Waals surface area (Å²) in [5.41, 5.74) is 5.26. The van der Waals surface area contributed by atoms with E-state index in [4.69, 9.17) is 0 Å². The van der Waals surface area contributed by atoms with Crippen LogP contribution in [-0.4, -0.2) is 11.2 Å². The van der Waals surface area contributed by atoms with Crippen molar-refractivity contribution in [3.8, 4) is 11.8 Å². The average molecular weight is 384 g/mol. The van der Waals surface area contributed by atoms with Gasteiger partial charge in [-0.2, -0.15) is 0 Å². The molecule has 0 radical (unpaired) electrons. The van der Waals surface area contributed by atoms with E-state index in [1.807, 2.05) is 85.5 Å². The molecule has 1 heterocycles. The van der Waals surface area contributed by atoms with Crippen molar-refractivity contribution in [2.45, 2.75) is 24.5 Å². The molecule has 0 bridgehead atoms. The third-order valence-corrected chi connectivity index (χ3v) is 6.24. The molecule has 1 saturated heterocycles. The van der Waals surface area contributed by atoms with Gasteiger partial charge in [-0.05, 0) is 42.7 Å². The van der Waals surface area contributed by atoms with E-state index in [-0.39, 0.29) is 16.5 Å². The minimum Gasteiger partial charge on any atom is -0.294 e. The van der Waals surface area contributed by atoms with E-state index >= 15 is 0 Å². The molecule has 138 valence electrons. The van der Waals surface area contributed by atoms with Gasteiger partial charge < -0.3 is 0 Å². The molecule has 2 unspecified atom stereocenters. The standard InChI is InChI=1S/C25H21NOS/c1-18-10-6-8-12-20(18)16-17-23-24(27)26(22-15-9-7-11-19(22)2)25(28-23)21-13-4-3-5-14-21/h3-15,23,25H,1-2H3. The minimum atomic E-state index is -0.385. The van der Waals surface area contributed by atoms with Crippen LogP contribution in [0.15, 0.2) is 78.9 Å². The summed E-state index contributed by atoms with van der Waals surface area (Å²) in [5, 5.41) is -0.463. The Kier molecular flexibility index (Phi) is 5.23. The molecule has 3 heteroatoms. The number of carbonyl (C=O) groups excluding carboxylic acids is 1. The highest BCUT2D eigenvalue weighted by Crippen LogP contribution is 2.46. The Morgan fingerprint density at radius 2 is 1.46 bits per heavy atom. The lowest BCUT2D eigenvalue weighted by atomic mass is 10.1. The number of thioether (sulfide) groups is 1. The summed E-state index contributed by atoms with van der Waals surface area (Å²) in [6.07, 6.45) is 0. The van der Waals surface area contributed by atoms with Crippen LogP contribution in [0.4, 0.5) is 5.69 Å². The second-order valence-electron chi connectivity index (χ2n) is 6.86. The van der Waals surface area contributed by atoms with Crippen LogP contribution in [0.2, 0.25) is 0 Å². The summed E-state index contributed by atoms with van der Waals surface area (Å²) < 4.78 is 0. The minimum absolute atomic E-state index is 0.0502. The number of hydrogen-bond donors (Lipinski definition) is 0. The molecule has 1 aliphatic rings. The third-order valence-electron chi connectivity index (χ3n) is 4.90. The molecular weight excluding hydrogens is 362 g/mol. The van der Waals surface area contributed by atoms with Crippen molar-refractivity contribution in [1.29, 1.82) is 0 Å². The van der Waals surface area contributed by atoms with Gasteiger partial charge >= 0.3 is 0 Å². The van der Waals surface area contributed by atoms with Gasteiger partial charge in [-0.15, -0.1) is 11.8 Å². The van der Waals surface area contributed by atoms with Crippen molar-refractivity contribution in [2.24, 2.45) is 0 Å². The van der Waals surface area contributed by atoms with Crippen LogP contribution in [0.5, 0.6) is 0 Å². The molecule has 0 N–H and O–H groups in total. The van der Waals surface area contributed by atoms with E-state index in [0.717, 1.165) is 27.9 Å². The Balaban J connectivity index is 1.73. The van der Waals surface area contributed by atoms with E-state index in [1.54, 1.807) is 11.8 Å². The molecule has 0 aromatic heterocycles. The van der Waals surface area contributed by atoms with Crippen LogP contribution in [0, 0.1) is 25.7 Å². The van der Waals surface area contributed by atoms with Crippen molar-refractivity contribution in [2.75, 3.05) is 4.90 Å². The van der Waals surface area contributed by atoms with Gasteiger partial charge in [0, 0.05) is 11.3 Å². The number of amides is 1. The molecule has 1 fully saturated rings. The molecule has 0 saturated carbocycles. The van der Waals surface area contributed by atoms with E-state index in [9.17, 15) is 4.79 Å². The monoisotopic (exact) mass is 383 g/mol. The van der Waals surface area contributed by atoms with Crippen molar-refractivity contribution >= 4 is 23.4 Å². The van der Waals surface area contributed by atoms with Crippen LogP contribution >= 0.6 is 11.8 Å². The quantitative estimate of drug-likeness (QED) is 0.545. The van der Waals surface area contributed by atoms with Crippen molar-refractivity contribution < 1.29 is 4.79 Å². The van der Waals surface area contributed by atoms with Gasteiger partial charge in [-0.3, -0.25) is 9.69 Å². The lowest BCUT2D eigenvalue weighted by Crippen LogP contribution is -2.31. The predicted octanol–water partition coefficient (Wildman–Crippen LogP) is 5.50. The number of anilines is 1. The molecule has 3 aromatic rings. The molecule has 1 amide bonds. The van der Waals surface area contributed by atoms with Gasteiger partial charge in [0.05, 0.1) is 0 Å². The lowest BCUT2D eigenvalue weighted by Gasteiger charge is -2.25. The van der Waals surface area contributed by atoms with Crippen LogP contribution in [-0.2, 0) is 4.79 Å². The van der Waals surface area contributed by atoms with Crippen molar-refractivity contribution in [3.63, 3.8) is 0 Å². The summed E-state index contributed by atoms with van der Waals surface area (Å²) in [4.78, 5) is 15.3. The smallest absolute Gasteiger partial charge is 0.253 e. The van der Waals surface area contributed by atoms with E-state index in [1.165, 1.54) is 0 Å². The average Bonchev–Trinajstić information content (AvgIpc) is 3.05. The highest BCUT2D eigenvalue weighted by Gasteiger charge is 2.41. The fourth-order valence-corrected chi connectivity index (χ4v) is 4.63. The maximum Gasteiger partial charge on any atom is 0.253 e. The molecule has 2 nitrogen and oxygen atoms in total. The summed E-state index contributed by atoms with van der Waals surface area (Å²) in [7, 11) is 0. The second kappa shape index (κ2) is 7.96. The highest BCUT2D eigenvalue weighted by atomic mass is 32.2. The highest BCUT2D eigenvalue weighted by molar-refractivity contribution is 8.01. The van der Waals surface area contributed by atoms with Crippen LogP contribution in [0.25, 0.3) is 0 Å². The number of para-hydroxylation sites is 1. The summed E-state index contributed by atoms with van der Waals surface area (Å²) in [6, 6.07) is 26.2. The van der Waals surface area contributed by atoms with Crippen LogP contribution in [0.3, 0.4) is 0 Å². The maximum absolute atomic E-state index is 13.4. The molecular formula is C25H21NOS. The SMILES string of the molecule is Cc1ccccc1C#CC1SC(c2ccccc2)N(c2ccccc2C)C1=O. The number of aryl methyl sites for hydroxylation is 2. The van der Waals surface area contributed by atoms with Gasteiger partial charge in [0.25, 0.3) is 5.91 Å². The molecule has 0 spiro atoms. The van der Waals surface area contributed by atoms with Gasteiger partial charge in [0.1, 0.15) is 10.6 Å². The topological polar surface area (TPSA) is 20.3 Å². The Morgan fingerprint density at radius 3 is 2.18 bits per heavy atom. The van der Waals surface area contributed by atoms with E-state index in [2.05, 4.69) is 24.0 Å².